The second-order valence-corrected chi connectivity index (χ2v) is 6.56. The lowest BCUT2D eigenvalue weighted by atomic mass is 9.85. The Bertz CT molecular complexity index is 321. The third kappa shape index (κ3) is 2.71. The molecule has 4 heteroatoms. The average Bonchev–Trinajstić information content (AvgIpc) is 2.65. The van der Waals surface area contributed by atoms with Crippen molar-refractivity contribution in [2.75, 3.05) is 11.5 Å². The van der Waals surface area contributed by atoms with Crippen LogP contribution in [-0.4, -0.2) is 19.9 Å². The number of hydrogen-bond acceptors (Lipinski definition) is 3. The van der Waals surface area contributed by atoms with Crippen LogP contribution < -0.4 is 0 Å². The van der Waals surface area contributed by atoms with Crippen LogP contribution in [0.15, 0.2) is 0 Å². The van der Waals surface area contributed by atoms with Crippen LogP contribution in [0.1, 0.15) is 39.0 Å². The van der Waals surface area contributed by atoms with E-state index in [9.17, 15) is 8.42 Å². The Morgan fingerprint density at radius 2 is 1.93 bits per heavy atom. The van der Waals surface area contributed by atoms with E-state index in [0.29, 0.717) is 6.42 Å². The average molecular weight is 215 g/mol. The number of nitrogens with zero attached hydrogens (tertiary/aromatic N) is 1. The van der Waals surface area contributed by atoms with Crippen molar-refractivity contribution < 1.29 is 8.42 Å². The number of sulfone groups is 1. The van der Waals surface area contributed by atoms with Crippen molar-refractivity contribution in [2.45, 2.75) is 39.0 Å². The van der Waals surface area contributed by atoms with Gasteiger partial charge in [-0.2, -0.15) is 5.26 Å². The number of hydrogen-bond donors (Lipinski definition) is 0. The molecule has 0 aliphatic heterocycles. The van der Waals surface area contributed by atoms with Gasteiger partial charge in [0.15, 0.2) is 0 Å². The van der Waals surface area contributed by atoms with Crippen LogP contribution in [0.2, 0.25) is 0 Å². The van der Waals surface area contributed by atoms with Crippen molar-refractivity contribution in [2.24, 2.45) is 5.41 Å². The fourth-order valence-electron chi connectivity index (χ4n) is 1.96. The summed E-state index contributed by atoms with van der Waals surface area (Å²) in [6.07, 6.45) is 4.42. The van der Waals surface area contributed by atoms with E-state index in [-0.39, 0.29) is 16.9 Å². The van der Waals surface area contributed by atoms with Crippen molar-refractivity contribution in [1.82, 2.24) is 0 Å². The molecule has 0 N–H and O–H groups in total. The minimum atomic E-state index is -2.91. The van der Waals surface area contributed by atoms with E-state index in [1.165, 1.54) is 0 Å². The van der Waals surface area contributed by atoms with Crippen LogP contribution in [0.4, 0.5) is 0 Å². The highest BCUT2D eigenvalue weighted by molar-refractivity contribution is 7.91. The fourth-order valence-corrected chi connectivity index (χ4v) is 2.96. The molecule has 0 aromatic heterocycles. The molecule has 0 aromatic carbocycles. The molecular formula is C10H17NO2S. The van der Waals surface area contributed by atoms with Gasteiger partial charge in [-0.05, 0) is 19.3 Å². The minimum absolute atomic E-state index is 0.178. The third-order valence-corrected chi connectivity index (χ3v) is 4.84. The van der Waals surface area contributed by atoms with Crippen molar-refractivity contribution in [3.63, 3.8) is 0 Å². The highest BCUT2D eigenvalue weighted by atomic mass is 32.2. The first kappa shape index (κ1) is 11.5. The van der Waals surface area contributed by atoms with Crippen LogP contribution in [0.3, 0.4) is 0 Å². The van der Waals surface area contributed by atoms with Gasteiger partial charge in [0.05, 0.1) is 17.2 Å². The van der Waals surface area contributed by atoms with Crippen molar-refractivity contribution >= 4 is 9.84 Å². The van der Waals surface area contributed by atoms with E-state index in [2.05, 4.69) is 6.07 Å². The molecule has 1 saturated carbocycles. The minimum Gasteiger partial charge on any atom is -0.229 e. The van der Waals surface area contributed by atoms with Gasteiger partial charge >= 0.3 is 0 Å². The predicted molar refractivity (Wildman–Crippen MR) is 55.5 cm³/mol. The first-order chi connectivity index (χ1) is 6.54. The Morgan fingerprint density at radius 1 is 1.36 bits per heavy atom. The Kier molecular flexibility index (Phi) is 3.54. The smallest absolute Gasteiger partial charge is 0.150 e. The molecule has 3 nitrogen and oxygen atoms in total. The Balaban J connectivity index is 2.56. The summed E-state index contributed by atoms with van der Waals surface area (Å²) < 4.78 is 22.6. The maximum atomic E-state index is 11.3. The van der Waals surface area contributed by atoms with Crippen molar-refractivity contribution in [3.8, 4) is 6.07 Å². The molecule has 0 bridgehead atoms. The van der Waals surface area contributed by atoms with Gasteiger partial charge < -0.3 is 0 Å². The topological polar surface area (TPSA) is 57.9 Å². The molecule has 0 saturated heterocycles. The maximum Gasteiger partial charge on any atom is 0.150 e. The zero-order valence-electron chi connectivity index (χ0n) is 8.62. The van der Waals surface area contributed by atoms with E-state index in [1.807, 2.05) is 0 Å². The molecule has 14 heavy (non-hydrogen) atoms. The molecule has 1 aliphatic carbocycles. The summed E-state index contributed by atoms with van der Waals surface area (Å²) in [6.45, 7) is 1.66. The normalized spacial score (nSPS) is 20.6. The Morgan fingerprint density at radius 3 is 2.36 bits per heavy atom. The summed E-state index contributed by atoms with van der Waals surface area (Å²) in [5.41, 5.74) is -0.331. The molecule has 0 atom stereocenters. The lowest BCUT2D eigenvalue weighted by Crippen LogP contribution is -2.20. The largest absolute Gasteiger partial charge is 0.229 e. The van der Waals surface area contributed by atoms with Gasteiger partial charge in [-0.1, -0.05) is 19.8 Å². The van der Waals surface area contributed by atoms with Gasteiger partial charge in [-0.25, -0.2) is 8.42 Å². The highest BCUT2D eigenvalue weighted by Gasteiger charge is 2.34. The van der Waals surface area contributed by atoms with Crippen LogP contribution >= 0.6 is 0 Å². The second kappa shape index (κ2) is 4.31. The standard InChI is InChI=1S/C10H17NO2S/c1-2-14(12,13)8-7-10(9-11)5-3-4-6-10/h2-8H2,1H3. The van der Waals surface area contributed by atoms with E-state index < -0.39 is 9.84 Å². The molecule has 1 rings (SSSR count). The lowest BCUT2D eigenvalue weighted by molar-refractivity contribution is 0.395. The SMILES string of the molecule is CCS(=O)(=O)CCC1(C#N)CCCC1. The molecule has 0 amide bonds. The number of rotatable bonds is 4. The van der Waals surface area contributed by atoms with Gasteiger partial charge in [0, 0.05) is 5.75 Å². The summed E-state index contributed by atoms with van der Waals surface area (Å²) in [6, 6.07) is 2.31. The van der Waals surface area contributed by atoms with Crippen molar-refractivity contribution in [1.29, 1.82) is 5.26 Å². The molecule has 0 unspecified atom stereocenters. The Hall–Kier alpha value is -0.560. The summed E-state index contributed by atoms with van der Waals surface area (Å²) in [4.78, 5) is 0. The molecule has 0 radical (unpaired) electrons. The van der Waals surface area contributed by atoms with Gasteiger partial charge in [-0.15, -0.1) is 0 Å². The summed E-state index contributed by atoms with van der Waals surface area (Å²) in [5, 5.41) is 9.04. The lowest BCUT2D eigenvalue weighted by Gasteiger charge is -2.19. The van der Waals surface area contributed by atoms with Crippen LogP contribution in [0.25, 0.3) is 0 Å². The summed E-state index contributed by atoms with van der Waals surface area (Å²) >= 11 is 0. The molecular weight excluding hydrogens is 198 g/mol. The first-order valence-corrected chi connectivity index (χ1v) is 6.97. The second-order valence-electron chi connectivity index (χ2n) is 4.09. The van der Waals surface area contributed by atoms with E-state index >= 15 is 0 Å². The van der Waals surface area contributed by atoms with E-state index in [1.54, 1.807) is 6.92 Å². The zero-order chi connectivity index (χ0) is 10.7. The molecule has 1 aliphatic rings. The third-order valence-electron chi connectivity index (χ3n) is 3.13. The van der Waals surface area contributed by atoms with E-state index in [0.717, 1.165) is 25.7 Å². The van der Waals surface area contributed by atoms with Crippen LogP contribution in [-0.2, 0) is 9.84 Å². The van der Waals surface area contributed by atoms with Gasteiger partial charge in [0.1, 0.15) is 9.84 Å². The van der Waals surface area contributed by atoms with Gasteiger partial charge in [0.25, 0.3) is 0 Å². The first-order valence-electron chi connectivity index (χ1n) is 5.15. The maximum absolute atomic E-state index is 11.3. The molecule has 0 spiro atoms. The monoisotopic (exact) mass is 215 g/mol. The predicted octanol–water partition coefficient (Wildman–Crippen LogP) is 1.90. The Labute approximate surface area is 86.0 Å². The quantitative estimate of drug-likeness (QED) is 0.719. The molecule has 1 fully saturated rings. The van der Waals surface area contributed by atoms with E-state index in [4.69, 9.17) is 5.26 Å². The zero-order valence-corrected chi connectivity index (χ0v) is 9.44. The molecule has 0 heterocycles. The summed E-state index contributed by atoms with van der Waals surface area (Å²) in [7, 11) is -2.91. The molecule has 0 aromatic rings. The fraction of sp³-hybridized carbons (Fsp3) is 0.900. The van der Waals surface area contributed by atoms with Crippen LogP contribution in [0.5, 0.6) is 0 Å². The van der Waals surface area contributed by atoms with Gasteiger partial charge in [0.2, 0.25) is 0 Å². The summed E-state index contributed by atoms with van der Waals surface area (Å²) in [5.74, 6) is 0.367. The molecule has 80 valence electrons. The van der Waals surface area contributed by atoms with Crippen LogP contribution in [0, 0.1) is 16.7 Å². The van der Waals surface area contributed by atoms with Gasteiger partial charge in [-0.3, -0.25) is 0 Å². The highest BCUT2D eigenvalue weighted by Crippen LogP contribution is 2.40. The van der Waals surface area contributed by atoms with Crippen molar-refractivity contribution in [3.05, 3.63) is 0 Å². The number of nitriles is 1.